The Bertz CT molecular complexity index is 446. The Morgan fingerprint density at radius 3 is 2.56 bits per heavy atom. The Labute approximate surface area is 113 Å². The Hall–Kier alpha value is -1.62. The minimum absolute atomic E-state index is 0.0175. The summed E-state index contributed by atoms with van der Waals surface area (Å²) >= 11 is 4.87. The van der Waals surface area contributed by atoms with Crippen LogP contribution in [0.1, 0.15) is 24.2 Å². The first-order valence-corrected chi connectivity index (χ1v) is 6.10. The molecule has 1 rings (SSSR count). The Kier molecular flexibility index (Phi) is 5.09. The molecule has 0 atom stereocenters. The molecule has 1 aromatic carbocycles. The maximum absolute atomic E-state index is 12.4. The minimum atomic E-state index is -0.129. The van der Waals surface area contributed by atoms with Crippen molar-refractivity contribution in [3.05, 3.63) is 29.8 Å². The van der Waals surface area contributed by atoms with E-state index in [-0.39, 0.29) is 18.5 Å². The van der Waals surface area contributed by atoms with E-state index in [1.54, 1.807) is 30.2 Å². The van der Waals surface area contributed by atoms with Gasteiger partial charge < -0.3 is 15.4 Å². The summed E-state index contributed by atoms with van der Waals surface area (Å²) in [6, 6.07) is 7.13. The number of nitrogens with two attached hydrogens (primary N) is 1. The number of hydrogen-bond acceptors (Lipinski definition) is 3. The number of benzene rings is 1. The molecule has 1 aromatic rings. The number of ether oxygens (including phenoxy) is 1. The molecule has 0 spiro atoms. The first-order valence-electron chi connectivity index (χ1n) is 5.69. The zero-order valence-corrected chi connectivity index (χ0v) is 11.7. The van der Waals surface area contributed by atoms with Crippen LogP contribution >= 0.6 is 12.2 Å². The molecular formula is C13H18N2O2S. The van der Waals surface area contributed by atoms with Gasteiger partial charge in [0.25, 0.3) is 5.91 Å². The molecule has 0 aliphatic heterocycles. The molecule has 2 N–H and O–H groups in total. The van der Waals surface area contributed by atoms with Gasteiger partial charge in [0.1, 0.15) is 5.75 Å². The van der Waals surface area contributed by atoms with Crippen molar-refractivity contribution in [1.29, 1.82) is 0 Å². The molecule has 0 fully saturated rings. The summed E-state index contributed by atoms with van der Waals surface area (Å²) < 4.78 is 5.19. The van der Waals surface area contributed by atoms with Gasteiger partial charge in [0.2, 0.25) is 0 Å². The lowest BCUT2D eigenvalue weighted by Gasteiger charge is -2.26. The van der Waals surface area contributed by atoms with Crippen molar-refractivity contribution in [1.82, 2.24) is 4.90 Å². The van der Waals surface area contributed by atoms with E-state index in [9.17, 15) is 4.79 Å². The lowest BCUT2D eigenvalue weighted by molar-refractivity contribution is 0.0733. The van der Waals surface area contributed by atoms with E-state index in [1.165, 1.54) is 0 Å². The fourth-order valence-electron chi connectivity index (χ4n) is 1.63. The third-order valence-electron chi connectivity index (χ3n) is 2.55. The second kappa shape index (κ2) is 6.35. The Morgan fingerprint density at radius 1 is 1.44 bits per heavy atom. The lowest BCUT2D eigenvalue weighted by atomic mass is 10.1. The third kappa shape index (κ3) is 3.43. The fraction of sp³-hybridized carbons (Fsp3) is 0.385. The summed E-state index contributed by atoms with van der Waals surface area (Å²) in [6.45, 7) is 4.11. The highest BCUT2D eigenvalue weighted by Gasteiger charge is 2.21. The first-order chi connectivity index (χ1) is 8.47. The first kappa shape index (κ1) is 14.4. The van der Waals surface area contributed by atoms with Crippen molar-refractivity contribution in [2.24, 2.45) is 5.73 Å². The number of rotatable bonds is 5. The number of carbonyl (C=O) groups excluding carboxylic acids is 1. The number of methoxy groups -OCH3 is 1. The molecule has 0 aromatic heterocycles. The van der Waals surface area contributed by atoms with Crippen molar-refractivity contribution >= 4 is 23.1 Å². The second-order valence-electron chi connectivity index (χ2n) is 4.19. The average Bonchev–Trinajstić information content (AvgIpc) is 2.34. The third-order valence-corrected chi connectivity index (χ3v) is 2.68. The van der Waals surface area contributed by atoms with E-state index in [4.69, 9.17) is 22.7 Å². The molecule has 0 saturated heterocycles. The van der Waals surface area contributed by atoms with Crippen LogP contribution in [-0.4, -0.2) is 35.5 Å². The van der Waals surface area contributed by atoms with Gasteiger partial charge in [0.05, 0.1) is 24.2 Å². The summed E-state index contributed by atoms with van der Waals surface area (Å²) in [7, 11) is 1.54. The predicted molar refractivity (Wildman–Crippen MR) is 76.0 cm³/mol. The molecule has 4 nitrogen and oxygen atoms in total. The highest BCUT2D eigenvalue weighted by molar-refractivity contribution is 7.80. The van der Waals surface area contributed by atoms with Crippen LogP contribution in [0.2, 0.25) is 0 Å². The minimum Gasteiger partial charge on any atom is -0.496 e. The maximum atomic E-state index is 12.4. The van der Waals surface area contributed by atoms with E-state index in [2.05, 4.69) is 0 Å². The van der Waals surface area contributed by atoms with Crippen molar-refractivity contribution < 1.29 is 9.53 Å². The van der Waals surface area contributed by atoms with Crippen LogP contribution in [0.25, 0.3) is 0 Å². The van der Waals surface area contributed by atoms with E-state index in [0.29, 0.717) is 16.3 Å². The standard InChI is InChI=1S/C13H18N2O2S/c1-9(2)15(8-12(14)18)13(16)10-6-4-5-7-11(10)17-3/h4-7,9H,8H2,1-3H3,(H2,14,18). The molecule has 0 unspecified atom stereocenters. The molecule has 0 heterocycles. The molecular weight excluding hydrogens is 248 g/mol. The zero-order chi connectivity index (χ0) is 13.7. The van der Waals surface area contributed by atoms with Crippen LogP contribution in [0.5, 0.6) is 5.75 Å². The van der Waals surface area contributed by atoms with Crippen LogP contribution in [0.3, 0.4) is 0 Å². The summed E-state index contributed by atoms with van der Waals surface area (Å²) in [5.41, 5.74) is 6.04. The van der Waals surface area contributed by atoms with E-state index >= 15 is 0 Å². The van der Waals surface area contributed by atoms with Crippen molar-refractivity contribution in [2.45, 2.75) is 19.9 Å². The van der Waals surface area contributed by atoms with Gasteiger partial charge in [-0.1, -0.05) is 24.4 Å². The van der Waals surface area contributed by atoms with Gasteiger partial charge in [0, 0.05) is 6.04 Å². The monoisotopic (exact) mass is 266 g/mol. The summed E-state index contributed by atoms with van der Waals surface area (Å²) in [6.07, 6.45) is 0. The lowest BCUT2D eigenvalue weighted by Crippen LogP contribution is -2.42. The van der Waals surface area contributed by atoms with E-state index in [1.807, 2.05) is 19.9 Å². The zero-order valence-electron chi connectivity index (χ0n) is 10.8. The van der Waals surface area contributed by atoms with E-state index < -0.39 is 0 Å². The largest absolute Gasteiger partial charge is 0.496 e. The summed E-state index contributed by atoms with van der Waals surface area (Å²) in [4.78, 5) is 14.4. The van der Waals surface area contributed by atoms with Gasteiger partial charge >= 0.3 is 0 Å². The number of amides is 1. The SMILES string of the molecule is COc1ccccc1C(=O)N(CC(N)=S)C(C)C. The smallest absolute Gasteiger partial charge is 0.258 e. The molecule has 0 aliphatic carbocycles. The van der Waals surface area contributed by atoms with Crippen LogP contribution in [0, 0.1) is 0 Å². The molecule has 98 valence electrons. The maximum Gasteiger partial charge on any atom is 0.258 e. The predicted octanol–water partition coefficient (Wildman–Crippen LogP) is 1.83. The van der Waals surface area contributed by atoms with Gasteiger partial charge in [0.15, 0.2) is 0 Å². The number of thiocarbonyl (C=S) groups is 1. The van der Waals surface area contributed by atoms with Crippen molar-refractivity contribution in [3.63, 3.8) is 0 Å². The van der Waals surface area contributed by atoms with Crippen LogP contribution in [0.4, 0.5) is 0 Å². The second-order valence-corrected chi connectivity index (χ2v) is 4.72. The molecule has 0 saturated carbocycles. The van der Waals surface area contributed by atoms with Gasteiger partial charge in [-0.25, -0.2) is 0 Å². The molecule has 0 aliphatic rings. The number of hydrogen-bond donors (Lipinski definition) is 1. The highest BCUT2D eigenvalue weighted by atomic mass is 32.1. The Balaban J connectivity index is 3.05. The molecule has 0 bridgehead atoms. The quantitative estimate of drug-likeness (QED) is 0.826. The fourth-order valence-corrected chi connectivity index (χ4v) is 1.77. The van der Waals surface area contributed by atoms with Crippen LogP contribution < -0.4 is 10.5 Å². The van der Waals surface area contributed by atoms with E-state index in [0.717, 1.165) is 0 Å². The Morgan fingerprint density at radius 2 is 2.06 bits per heavy atom. The topological polar surface area (TPSA) is 55.6 Å². The normalized spacial score (nSPS) is 10.2. The molecule has 0 radical (unpaired) electrons. The summed E-state index contributed by atoms with van der Waals surface area (Å²) in [5.74, 6) is 0.423. The van der Waals surface area contributed by atoms with Gasteiger partial charge in [-0.2, -0.15) is 0 Å². The van der Waals surface area contributed by atoms with Crippen molar-refractivity contribution in [2.75, 3.05) is 13.7 Å². The molecule has 1 amide bonds. The number of nitrogens with zero attached hydrogens (tertiary/aromatic N) is 1. The number of carbonyl (C=O) groups is 1. The van der Waals surface area contributed by atoms with Gasteiger partial charge in [-0.3, -0.25) is 4.79 Å². The van der Waals surface area contributed by atoms with Crippen LogP contribution in [0.15, 0.2) is 24.3 Å². The molecule has 18 heavy (non-hydrogen) atoms. The number of para-hydroxylation sites is 1. The van der Waals surface area contributed by atoms with Crippen LogP contribution in [-0.2, 0) is 0 Å². The molecule has 5 heteroatoms. The van der Waals surface area contributed by atoms with Gasteiger partial charge in [-0.15, -0.1) is 0 Å². The highest BCUT2D eigenvalue weighted by Crippen LogP contribution is 2.20. The van der Waals surface area contributed by atoms with Crippen molar-refractivity contribution in [3.8, 4) is 5.75 Å². The van der Waals surface area contributed by atoms with Gasteiger partial charge in [-0.05, 0) is 26.0 Å². The average molecular weight is 266 g/mol. The summed E-state index contributed by atoms with van der Waals surface area (Å²) in [5, 5.41) is 0.